The van der Waals surface area contributed by atoms with Crippen molar-refractivity contribution in [1.82, 2.24) is 0 Å². The number of halogens is 3. The molecule has 0 bridgehead atoms. The van der Waals surface area contributed by atoms with Gasteiger partial charge in [-0.2, -0.15) is 13.2 Å². The number of carboxylic acid groups (broad SMARTS) is 1. The van der Waals surface area contributed by atoms with Crippen LogP contribution in [0.4, 0.5) is 13.2 Å². The maximum atomic E-state index is 12.8. The molecule has 1 atom stereocenters. The average molecular weight is 292 g/mol. The van der Waals surface area contributed by atoms with Crippen LogP contribution in [-0.2, 0) is 6.18 Å². The van der Waals surface area contributed by atoms with Crippen LogP contribution in [-0.4, -0.2) is 16.3 Å². The minimum atomic E-state index is -4.66. The molecule has 0 aliphatic heterocycles. The third-order valence-corrected chi connectivity index (χ3v) is 4.23. The highest BCUT2D eigenvalue weighted by atomic mass is 32.2. The summed E-state index contributed by atoms with van der Waals surface area (Å²) in [5.41, 5.74) is -1.81. The maximum absolute atomic E-state index is 12.8. The molecule has 2 nitrogen and oxygen atoms in total. The van der Waals surface area contributed by atoms with Gasteiger partial charge in [-0.1, -0.05) is 20.8 Å². The number of hydrogen-bond acceptors (Lipinski definition) is 2. The molecule has 106 valence electrons. The summed E-state index contributed by atoms with van der Waals surface area (Å²) in [7, 11) is 0. The first-order valence-corrected chi connectivity index (χ1v) is 6.62. The Balaban J connectivity index is 3.16. The van der Waals surface area contributed by atoms with Crippen molar-refractivity contribution in [3.63, 3.8) is 0 Å². The molecule has 1 N–H and O–H groups in total. The summed E-state index contributed by atoms with van der Waals surface area (Å²) in [4.78, 5) is 11.2. The Morgan fingerprint density at radius 3 is 2.26 bits per heavy atom. The highest BCUT2D eigenvalue weighted by Crippen LogP contribution is 2.36. The molecule has 1 aromatic rings. The van der Waals surface area contributed by atoms with Gasteiger partial charge in [0.2, 0.25) is 0 Å². The Morgan fingerprint density at radius 1 is 1.26 bits per heavy atom. The number of rotatable bonds is 4. The second kappa shape index (κ2) is 5.86. The molecule has 1 aromatic carbocycles. The maximum Gasteiger partial charge on any atom is 0.417 e. The number of hydrogen-bond donors (Lipinski definition) is 1. The van der Waals surface area contributed by atoms with Crippen molar-refractivity contribution in [1.29, 1.82) is 0 Å². The predicted octanol–water partition coefficient (Wildman–Crippen LogP) is 4.54. The van der Waals surface area contributed by atoms with E-state index in [4.69, 9.17) is 5.11 Å². The van der Waals surface area contributed by atoms with Gasteiger partial charge in [-0.3, -0.25) is 0 Å². The lowest BCUT2D eigenvalue weighted by molar-refractivity contribution is -0.138. The van der Waals surface area contributed by atoms with E-state index >= 15 is 0 Å². The van der Waals surface area contributed by atoms with Crippen molar-refractivity contribution in [2.45, 2.75) is 37.1 Å². The van der Waals surface area contributed by atoms with Crippen molar-refractivity contribution in [2.75, 3.05) is 0 Å². The van der Waals surface area contributed by atoms with Gasteiger partial charge in [0.25, 0.3) is 0 Å². The number of thioether (sulfide) groups is 1. The summed E-state index contributed by atoms with van der Waals surface area (Å²) >= 11 is 1.31. The van der Waals surface area contributed by atoms with Crippen molar-refractivity contribution in [3.8, 4) is 0 Å². The Hall–Kier alpha value is -1.17. The quantitative estimate of drug-likeness (QED) is 0.828. The van der Waals surface area contributed by atoms with E-state index in [1.165, 1.54) is 17.8 Å². The normalized spacial score (nSPS) is 13.6. The van der Waals surface area contributed by atoms with E-state index in [-0.39, 0.29) is 5.25 Å². The van der Waals surface area contributed by atoms with E-state index in [1.54, 1.807) is 0 Å². The van der Waals surface area contributed by atoms with Crippen LogP contribution in [0.25, 0.3) is 0 Å². The molecule has 0 aliphatic rings. The highest BCUT2D eigenvalue weighted by molar-refractivity contribution is 8.00. The first kappa shape index (κ1) is 15.9. The largest absolute Gasteiger partial charge is 0.478 e. The van der Waals surface area contributed by atoms with Crippen LogP contribution in [0.15, 0.2) is 23.1 Å². The molecule has 0 spiro atoms. The topological polar surface area (TPSA) is 37.3 Å². The fraction of sp³-hybridized carbons (Fsp3) is 0.462. The van der Waals surface area contributed by atoms with Gasteiger partial charge in [0.15, 0.2) is 0 Å². The SMILES string of the molecule is CC(C)C(C)Sc1ccc(C(=O)O)c(C(F)(F)F)c1. The molecule has 19 heavy (non-hydrogen) atoms. The zero-order valence-electron chi connectivity index (χ0n) is 10.8. The van der Waals surface area contributed by atoms with E-state index in [1.807, 2.05) is 20.8 Å². The molecule has 1 rings (SSSR count). The fourth-order valence-electron chi connectivity index (χ4n) is 1.37. The van der Waals surface area contributed by atoms with E-state index < -0.39 is 23.3 Å². The Morgan fingerprint density at radius 2 is 1.84 bits per heavy atom. The van der Waals surface area contributed by atoms with Crippen LogP contribution in [0.2, 0.25) is 0 Å². The van der Waals surface area contributed by atoms with Gasteiger partial charge in [0, 0.05) is 10.1 Å². The smallest absolute Gasteiger partial charge is 0.417 e. The second-order valence-corrected chi connectivity index (χ2v) is 6.03. The standard InChI is InChI=1S/C13H15F3O2S/c1-7(2)8(3)19-9-4-5-10(12(17)18)11(6-9)13(14,15)16/h4-8H,1-3H3,(H,17,18). The molecule has 0 amide bonds. The molecule has 0 saturated heterocycles. The van der Waals surface area contributed by atoms with Crippen molar-refractivity contribution in [3.05, 3.63) is 29.3 Å². The summed E-state index contributed by atoms with van der Waals surface area (Å²) in [6.45, 7) is 5.88. The van der Waals surface area contributed by atoms with E-state index in [0.29, 0.717) is 10.8 Å². The number of alkyl halides is 3. The molecule has 6 heteroatoms. The first-order chi connectivity index (χ1) is 8.62. The monoisotopic (exact) mass is 292 g/mol. The molecule has 0 radical (unpaired) electrons. The molecule has 0 saturated carbocycles. The highest BCUT2D eigenvalue weighted by Gasteiger charge is 2.35. The van der Waals surface area contributed by atoms with Gasteiger partial charge in [-0.25, -0.2) is 4.79 Å². The predicted molar refractivity (Wildman–Crippen MR) is 68.6 cm³/mol. The lowest BCUT2D eigenvalue weighted by atomic mass is 10.1. The third-order valence-electron chi connectivity index (χ3n) is 2.79. The van der Waals surface area contributed by atoms with Crippen molar-refractivity contribution >= 4 is 17.7 Å². The van der Waals surface area contributed by atoms with Gasteiger partial charge in [-0.15, -0.1) is 11.8 Å². The number of aromatic carboxylic acids is 1. The van der Waals surface area contributed by atoms with E-state index in [9.17, 15) is 18.0 Å². The number of carbonyl (C=O) groups is 1. The van der Waals surface area contributed by atoms with Crippen LogP contribution in [0.5, 0.6) is 0 Å². The Labute approximate surface area is 114 Å². The van der Waals surface area contributed by atoms with Crippen LogP contribution in [0.3, 0.4) is 0 Å². The molecular weight excluding hydrogens is 277 g/mol. The molecular formula is C13H15F3O2S. The molecule has 0 aliphatic carbocycles. The number of carboxylic acids is 1. The van der Waals surface area contributed by atoms with Crippen LogP contribution >= 0.6 is 11.8 Å². The zero-order chi connectivity index (χ0) is 14.8. The van der Waals surface area contributed by atoms with Crippen molar-refractivity contribution < 1.29 is 23.1 Å². The lowest BCUT2D eigenvalue weighted by Gasteiger charge is -2.17. The van der Waals surface area contributed by atoms with Gasteiger partial charge in [-0.05, 0) is 24.1 Å². The Kier molecular flexibility index (Phi) is 4.90. The fourth-order valence-corrected chi connectivity index (χ4v) is 2.40. The zero-order valence-corrected chi connectivity index (χ0v) is 11.6. The summed E-state index contributed by atoms with van der Waals surface area (Å²) < 4.78 is 38.4. The molecule has 0 fully saturated rings. The van der Waals surface area contributed by atoms with Crippen LogP contribution in [0, 0.1) is 5.92 Å². The van der Waals surface area contributed by atoms with Gasteiger partial charge in [0.1, 0.15) is 0 Å². The van der Waals surface area contributed by atoms with Gasteiger partial charge < -0.3 is 5.11 Å². The summed E-state index contributed by atoms with van der Waals surface area (Å²) in [6.07, 6.45) is -4.66. The minimum absolute atomic E-state index is 0.150. The summed E-state index contributed by atoms with van der Waals surface area (Å²) in [6, 6.07) is 3.34. The van der Waals surface area contributed by atoms with Crippen molar-refractivity contribution in [2.24, 2.45) is 5.92 Å². The van der Waals surface area contributed by atoms with Gasteiger partial charge in [0.05, 0.1) is 11.1 Å². The molecule has 0 heterocycles. The molecule has 1 unspecified atom stereocenters. The van der Waals surface area contributed by atoms with Gasteiger partial charge >= 0.3 is 12.1 Å². The Bertz CT molecular complexity index is 469. The van der Waals surface area contributed by atoms with Crippen LogP contribution < -0.4 is 0 Å². The summed E-state index contributed by atoms with van der Waals surface area (Å²) in [5, 5.41) is 8.93. The third kappa shape index (κ3) is 4.16. The van der Waals surface area contributed by atoms with E-state index in [2.05, 4.69) is 0 Å². The molecule has 0 aromatic heterocycles. The lowest BCUT2D eigenvalue weighted by Crippen LogP contribution is -2.13. The minimum Gasteiger partial charge on any atom is -0.478 e. The average Bonchev–Trinajstić information content (AvgIpc) is 2.27. The summed E-state index contributed by atoms with van der Waals surface area (Å²) in [5.74, 6) is -1.25. The number of benzene rings is 1. The first-order valence-electron chi connectivity index (χ1n) is 5.74. The second-order valence-electron chi connectivity index (χ2n) is 4.58. The van der Waals surface area contributed by atoms with Crippen LogP contribution in [0.1, 0.15) is 36.7 Å². The van der Waals surface area contributed by atoms with E-state index in [0.717, 1.165) is 12.1 Å².